The molecular weight excluding hydrogens is 472 g/mol. The lowest BCUT2D eigenvalue weighted by atomic mass is 9.96. The van der Waals surface area contributed by atoms with Gasteiger partial charge in [0.1, 0.15) is 23.9 Å². The minimum absolute atomic E-state index is 0.0193. The molecule has 4 aromatic rings. The summed E-state index contributed by atoms with van der Waals surface area (Å²) in [5.41, 5.74) is 3.63. The third kappa shape index (κ3) is 5.28. The second-order valence-electron chi connectivity index (χ2n) is 8.25. The van der Waals surface area contributed by atoms with Crippen LogP contribution in [0.4, 0.5) is 8.78 Å². The quantitative estimate of drug-likeness (QED) is 0.332. The van der Waals surface area contributed by atoms with Gasteiger partial charge in [-0.05, 0) is 67.3 Å². The average Bonchev–Trinajstić information content (AvgIpc) is 3.29. The van der Waals surface area contributed by atoms with Gasteiger partial charge in [0.2, 0.25) is 0 Å². The van der Waals surface area contributed by atoms with Gasteiger partial charge in [0.05, 0.1) is 0 Å². The zero-order valence-corrected chi connectivity index (χ0v) is 20.3. The minimum Gasteiger partial charge on any atom is -0.482 e. The topological polar surface area (TPSA) is 99.5 Å². The fraction of sp³-hybridized carbons (Fsp3) is 0.269. The summed E-state index contributed by atoms with van der Waals surface area (Å²) in [5.74, 6) is -1.09. The van der Waals surface area contributed by atoms with Crippen molar-refractivity contribution in [2.24, 2.45) is 0 Å². The Kier molecular flexibility index (Phi) is 7.44. The number of H-pyrrole nitrogens is 1. The second-order valence-corrected chi connectivity index (χ2v) is 8.25. The molecule has 0 saturated carbocycles. The number of aromatic amines is 1. The van der Waals surface area contributed by atoms with Crippen molar-refractivity contribution in [3.63, 3.8) is 0 Å². The third-order valence-corrected chi connectivity index (χ3v) is 5.72. The summed E-state index contributed by atoms with van der Waals surface area (Å²) in [4.78, 5) is 18.1. The van der Waals surface area contributed by atoms with Gasteiger partial charge >= 0.3 is 5.76 Å². The van der Waals surface area contributed by atoms with Gasteiger partial charge in [0.15, 0.2) is 24.2 Å². The summed E-state index contributed by atoms with van der Waals surface area (Å²) in [6, 6.07) is 10.1. The number of hydrogen-bond acceptors (Lipinski definition) is 7. The first-order chi connectivity index (χ1) is 17.3. The lowest BCUT2D eigenvalue weighted by Crippen LogP contribution is -2.07. The summed E-state index contributed by atoms with van der Waals surface area (Å²) in [6.07, 6.45) is 0.302. The molecule has 188 valence electrons. The van der Waals surface area contributed by atoms with Crippen LogP contribution in [0.15, 0.2) is 45.7 Å². The van der Waals surface area contributed by atoms with E-state index in [4.69, 9.17) is 14.2 Å². The van der Waals surface area contributed by atoms with Crippen LogP contribution in [0.1, 0.15) is 33.8 Å². The molecule has 10 heteroatoms. The smallest absolute Gasteiger partial charge is 0.439 e. The van der Waals surface area contributed by atoms with Gasteiger partial charge in [-0.3, -0.25) is 9.51 Å². The Morgan fingerprint density at radius 3 is 2.53 bits per heavy atom. The fourth-order valence-corrected chi connectivity index (χ4v) is 3.83. The molecule has 0 spiro atoms. The number of hydrogen-bond donors (Lipinski definition) is 1. The molecule has 0 aliphatic carbocycles. The standard InChI is InChI=1S/C26H25F2N3O5/c1-14-6-5-7-18(23(14)27)25-20(35-13-33-4)9-8-17(29-25)11-19-15(2)10-21(24(28)16(19)3)34-12-22-30-26(32)36-31-22/h5-10H,11-13H2,1-4H3,(H,30,31,32). The molecule has 2 aromatic carbocycles. The van der Waals surface area contributed by atoms with Crippen molar-refractivity contribution < 1.29 is 27.5 Å². The van der Waals surface area contributed by atoms with Crippen LogP contribution in [0.2, 0.25) is 0 Å². The zero-order chi connectivity index (χ0) is 25.8. The van der Waals surface area contributed by atoms with Crippen LogP contribution in [-0.2, 0) is 17.8 Å². The number of aromatic nitrogens is 3. The summed E-state index contributed by atoms with van der Waals surface area (Å²) >= 11 is 0. The third-order valence-electron chi connectivity index (χ3n) is 5.72. The van der Waals surface area contributed by atoms with Gasteiger partial charge in [0, 0.05) is 24.8 Å². The summed E-state index contributed by atoms with van der Waals surface area (Å²) < 4.78 is 50.7. The fourth-order valence-electron chi connectivity index (χ4n) is 3.83. The Hall–Kier alpha value is -4.05. The highest BCUT2D eigenvalue weighted by atomic mass is 19.1. The van der Waals surface area contributed by atoms with E-state index in [0.717, 1.165) is 11.1 Å². The average molecular weight is 497 g/mol. The number of methoxy groups -OCH3 is 1. The van der Waals surface area contributed by atoms with E-state index in [1.54, 1.807) is 50.2 Å². The first-order valence-corrected chi connectivity index (χ1v) is 11.1. The van der Waals surface area contributed by atoms with Gasteiger partial charge in [-0.15, -0.1) is 0 Å². The van der Waals surface area contributed by atoms with Crippen LogP contribution in [-0.4, -0.2) is 29.0 Å². The van der Waals surface area contributed by atoms with Crippen molar-refractivity contribution in [1.29, 1.82) is 0 Å². The van der Waals surface area contributed by atoms with Crippen LogP contribution in [0.25, 0.3) is 11.3 Å². The van der Waals surface area contributed by atoms with E-state index in [1.165, 1.54) is 7.11 Å². The molecule has 0 aliphatic rings. The Balaban J connectivity index is 1.66. The van der Waals surface area contributed by atoms with Crippen molar-refractivity contribution in [1.82, 2.24) is 15.1 Å². The molecular formula is C26H25F2N3O5. The van der Waals surface area contributed by atoms with E-state index in [1.807, 2.05) is 6.92 Å². The normalized spacial score (nSPS) is 11.1. The molecule has 0 fully saturated rings. The van der Waals surface area contributed by atoms with Gasteiger partial charge in [-0.1, -0.05) is 17.3 Å². The molecule has 4 rings (SSSR count). The number of benzene rings is 2. The van der Waals surface area contributed by atoms with Gasteiger partial charge in [0.25, 0.3) is 0 Å². The second kappa shape index (κ2) is 10.7. The van der Waals surface area contributed by atoms with Gasteiger partial charge in [-0.2, -0.15) is 0 Å². The predicted molar refractivity (Wildman–Crippen MR) is 127 cm³/mol. The highest BCUT2D eigenvalue weighted by molar-refractivity contribution is 5.68. The van der Waals surface area contributed by atoms with E-state index < -0.39 is 17.4 Å². The number of aryl methyl sites for hydroxylation is 2. The van der Waals surface area contributed by atoms with Crippen molar-refractivity contribution in [2.45, 2.75) is 33.8 Å². The number of nitrogens with zero attached hydrogens (tertiary/aromatic N) is 2. The predicted octanol–water partition coefficient (Wildman–Crippen LogP) is 4.78. The molecule has 0 radical (unpaired) electrons. The van der Waals surface area contributed by atoms with E-state index in [2.05, 4.69) is 19.6 Å². The van der Waals surface area contributed by atoms with Crippen LogP contribution >= 0.6 is 0 Å². The maximum atomic E-state index is 15.2. The van der Waals surface area contributed by atoms with Crippen LogP contribution in [0.3, 0.4) is 0 Å². The Morgan fingerprint density at radius 2 is 1.81 bits per heavy atom. The summed E-state index contributed by atoms with van der Waals surface area (Å²) in [5, 5.41) is 3.51. The molecule has 2 heterocycles. The zero-order valence-electron chi connectivity index (χ0n) is 20.3. The van der Waals surface area contributed by atoms with E-state index in [0.29, 0.717) is 40.2 Å². The molecule has 0 unspecified atom stereocenters. The molecule has 2 aromatic heterocycles. The van der Waals surface area contributed by atoms with Crippen molar-refractivity contribution in [2.75, 3.05) is 13.9 Å². The lowest BCUT2D eigenvalue weighted by molar-refractivity contribution is 0.0513. The maximum absolute atomic E-state index is 15.2. The molecule has 8 nitrogen and oxygen atoms in total. The molecule has 0 aliphatic heterocycles. The molecule has 1 N–H and O–H groups in total. The van der Waals surface area contributed by atoms with E-state index in [9.17, 15) is 9.18 Å². The van der Waals surface area contributed by atoms with Crippen molar-refractivity contribution in [3.05, 3.63) is 92.4 Å². The van der Waals surface area contributed by atoms with Crippen LogP contribution in [0, 0.1) is 32.4 Å². The summed E-state index contributed by atoms with van der Waals surface area (Å²) in [7, 11) is 1.49. The summed E-state index contributed by atoms with van der Waals surface area (Å²) in [6.45, 7) is 4.99. The first-order valence-electron chi connectivity index (χ1n) is 11.1. The van der Waals surface area contributed by atoms with Crippen LogP contribution < -0.4 is 15.2 Å². The molecule has 0 bridgehead atoms. The highest BCUT2D eigenvalue weighted by Crippen LogP contribution is 2.33. The van der Waals surface area contributed by atoms with E-state index in [-0.39, 0.29) is 25.0 Å². The molecule has 0 saturated heterocycles. The van der Waals surface area contributed by atoms with Crippen molar-refractivity contribution >= 4 is 0 Å². The SMILES string of the molecule is COCOc1ccc(Cc2c(C)cc(OCc3noc(=O)[nH]3)c(F)c2C)nc1-c1cccc(C)c1F. The van der Waals surface area contributed by atoms with Gasteiger partial charge in [-0.25, -0.2) is 18.6 Å². The number of halogens is 2. The Bertz CT molecular complexity index is 1450. The van der Waals surface area contributed by atoms with Crippen molar-refractivity contribution in [3.8, 4) is 22.8 Å². The Morgan fingerprint density at radius 1 is 1.00 bits per heavy atom. The monoisotopic (exact) mass is 497 g/mol. The molecule has 0 amide bonds. The number of ether oxygens (including phenoxy) is 3. The maximum Gasteiger partial charge on any atom is 0.439 e. The van der Waals surface area contributed by atoms with Crippen LogP contribution in [0.5, 0.6) is 11.5 Å². The Labute approximate surface area is 205 Å². The van der Waals surface area contributed by atoms with E-state index >= 15 is 4.39 Å². The molecule has 36 heavy (non-hydrogen) atoms. The first kappa shape index (κ1) is 25.1. The number of pyridine rings is 1. The molecule has 0 atom stereocenters. The largest absolute Gasteiger partial charge is 0.482 e. The lowest BCUT2D eigenvalue weighted by Gasteiger charge is -2.16. The van der Waals surface area contributed by atoms with Gasteiger partial charge < -0.3 is 14.2 Å². The highest BCUT2D eigenvalue weighted by Gasteiger charge is 2.19. The number of nitrogens with one attached hydrogen (secondary N) is 1. The minimum atomic E-state index is -0.715. The number of rotatable bonds is 9.